The summed E-state index contributed by atoms with van der Waals surface area (Å²) in [5.41, 5.74) is 4.56. The highest BCUT2D eigenvalue weighted by Crippen LogP contribution is 2.31. The van der Waals surface area contributed by atoms with E-state index >= 15 is 0 Å². The Morgan fingerprint density at radius 3 is 2.05 bits per heavy atom. The Balaban J connectivity index is 1.78. The van der Waals surface area contributed by atoms with Crippen molar-refractivity contribution >= 4 is 5.65 Å². The Kier molecular flexibility index (Phi) is 2.90. The van der Waals surface area contributed by atoms with E-state index in [1.165, 1.54) is 5.56 Å². The Morgan fingerprint density at radius 2 is 1.32 bits per heavy atom. The first-order valence-corrected chi connectivity index (χ1v) is 7.15. The van der Waals surface area contributed by atoms with Crippen LogP contribution in [0, 0.1) is 0 Å². The van der Waals surface area contributed by atoms with Crippen LogP contribution in [0.5, 0.6) is 5.88 Å². The third-order valence-electron chi connectivity index (χ3n) is 3.77. The Bertz CT molecular complexity index is 925. The van der Waals surface area contributed by atoms with E-state index in [9.17, 15) is 5.11 Å². The summed E-state index contributed by atoms with van der Waals surface area (Å²) in [4.78, 5) is 4.50. The predicted octanol–water partition coefficient (Wildman–Crippen LogP) is 4.37. The van der Waals surface area contributed by atoms with Gasteiger partial charge in [0.15, 0.2) is 0 Å². The topological polar surface area (TPSA) is 37.5 Å². The van der Waals surface area contributed by atoms with Gasteiger partial charge in [-0.1, -0.05) is 60.7 Å². The number of nitrogens with zero attached hydrogens (tertiary/aromatic N) is 2. The lowest BCUT2D eigenvalue weighted by Gasteiger charge is -2.03. The highest BCUT2D eigenvalue weighted by atomic mass is 16.3. The molecule has 0 radical (unpaired) electrons. The first kappa shape index (κ1) is 12.7. The van der Waals surface area contributed by atoms with Crippen LogP contribution in [0.25, 0.3) is 28.0 Å². The minimum atomic E-state index is 0.170. The average molecular weight is 286 g/mol. The smallest absolute Gasteiger partial charge is 0.224 e. The molecule has 0 spiro atoms. The maximum atomic E-state index is 10.3. The largest absolute Gasteiger partial charge is 0.493 e. The van der Waals surface area contributed by atoms with Crippen LogP contribution in [-0.2, 0) is 0 Å². The van der Waals surface area contributed by atoms with Crippen LogP contribution in [0.15, 0.2) is 79.0 Å². The van der Waals surface area contributed by atoms with E-state index in [4.69, 9.17) is 0 Å². The van der Waals surface area contributed by atoms with Crippen molar-refractivity contribution in [3.8, 4) is 28.3 Å². The molecule has 0 unspecified atom stereocenters. The van der Waals surface area contributed by atoms with Crippen LogP contribution < -0.4 is 0 Å². The van der Waals surface area contributed by atoms with E-state index < -0.39 is 0 Å². The first-order valence-electron chi connectivity index (χ1n) is 7.15. The van der Waals surface area contributed by atoms with Gasteiger partial charge in [-0.3, -0.25) is 4.40 Å². The Labute approximate surface area is 128 Å². The zero-order valence-electron chi connectivity index (χ0n) is 11.8. The minimum absolute atomic E-state index is 0.170. The number of benzene rings is 2. The molecule has 0 aliphatic heterocycles. The van der Waals surface area contributed by atoms with Crippen LogP contribution >= 0.6 is 0 Å². The monoisotopic (exact) mass is 286 g/mol. The van der Waals surface area contributed by atoms with Gasteiger partial charge in [0.25, 0.3) is 0 Å². The summed E-state index contributed by atoms with van der Waals surface area (Å²) >= 11 is 0. The Hall–Kier alpha value is -3.07. The summed E-state index contributed by atoms with van der Waals surface area (Å²) in [5.74, 6) is 0.170. The minimum Gasteiger partial charge on any atom is -0.493 e. The molecule has 1 N–H and O–H groups in total. The predicted molar refractivity (Wildman–Crippen MR) is 87.7 cm³/mol. The molecular formula is C19H14N2O. The van der Waals surface area contributed by atoms with Crippen molar-refractivity contribution in [3.05, 3.63) is 79.0 Å². The van der Waals surface area contributed by atoms with Crippen LogP contribution in [0.4, 0.5) is 0 Å². The molecule has 4 rings (SSSR count). The van der Waals surface area contributed by atoms with Crippen molar-refractivity contribution < 1.29 is 5.11 Å². The SMILES string of the molecule is Oc1c(-c2ccc(-c3ccccc3)cc2)nc2ccccn12. The van der Waals surface area contributed by atoms with E-state index in [1.54, 1.807) is 10.6 Å². The fraction of sp³-hybridized carbons (Fsp3) is 0. The maximum absolute atomic E-state index is 10.3. The highest BCUT2D eigenvalue weighted by Gasteiger charge is 2.12. The molecule has 0 aliphatic rings. The van der Waals surface area contributed by atoms with Crippen molar-refractivity contribution in [1.82, 2.24) is 9.38 Å². The van der Waals surface area contributed by atoms with Gasteiger partial charge in [0.1, 0.15) is 11.3 Å². The second-order valence-electron chi connectivity index (χ2n) is 5.16. The van der Waals surface area contributed by atoms with E-state index in [-0.39, 0.29) is 5.88 Å². The third kappa shape index (κ3) is 2.04. The molecule has 0 saturated heterocycles. The van der Waals surface area contributed by atoms with Gasteiger partial charge in [-0.2, -0.15) is 0 Å². The zero-order valence-corrected chi connectivity index (χ0v) is 11.8. The summed E-state index contributed by atoms with van der Waals surface area (Å²) in [6.07, 6.45) is 1.81. The van der Waals surface area contributed by atoms with Crippen LogP contribution in [0.1, 0.15) is 0 Å². The van der Waals surface area contributed by atoms with Crippen molar-refractivity contribution in [1.29, 1.82) is 0 Å². The number of pyridine rings is 1. The maximum Gasteiger partial charge on any atom is 0.224 e. The van der Waals surface area contributed by atoms with Crippen LogP contribution in [0.3, 0.4) is 0 Å². The van der Waals surface area contributed by atoms with Gasteiger partial charge in [-0.25, -0.2) is 4.98 Å². The average Bonchev–Trinajstić information content (AvgIpc) is 2.93. The summed E-state index contributed by atoms with van der Waals surface area (Å²) in [5, 5.41) is 10.3. The second-order valence-corrected chi connectivity index (χ2v) is 5.16. The second kappa shape index (κ2) is 5.04. The molecule has 0 saturated carbocycles. The summed E-state index contributed by atoms with van der Waals surface area (Å²) in [6, 6.07) is 24.0. The molecule has 0 amide bonds. The number of hydrogen-bond acceptors (Lipinski definition) is 2. The molecule has 4 aromatic rings. The molecule has 0 bridgehead atoms. The molecule has 0 fully saturated rings. The standard InChI is InChI=1S/C19H14N2O/c22-19-18(20-17-8-4-5-13-21(17)19)16-11-9-15(10-12-16)14-6-2-1-3-7-14/h1-13,22H. The molecular weight excluding hydrogens is 272 g/mol. The van der Waals surface area contributed by atoms with Gasteiger partial charge in [0.2, 0.25) is 5.88 Å². The van der Waals surface area contributed by atoms with Crippen molar-refractivity contribution in [3.63, 3.8) is 0 Å². The van der Waals surface area contributed by atoms with E-state index in [1.807, 2.05) is 60.7 Å². The molecule has 3 nitrogen and oxygen atoms in total. The first-order chi connectivity index (χ1) is 10.8. The molecule has 22 heavy (non-hydrogen) atoms. The molecule has 0 atom stereocenters. The quantitative estimate of drug-likeness (QED) is 0.594. The fourth-order valence-electron chi connectivity index (χ4n) is 2.63. The molecule has 3 heteroatoms. The number of aromatic nitrogens is 2. The van der Waals surface area contributed by atoms with Crippen molar-refractivity contribution in [2.45, 2.75) is 0 Å². The molecule has 106 valence electrons. The summed E-state index contributed by atoms with van der Waals surface area (Å²) in [6.45, 7) is 0. The normalized spacial score (nSPS) is 10.9. The van der Waals surface area contributed by atoms with Gasteiger partial charge in [0.05, 0.1) is 0 Å². The number of imidazole rings is 1. The van der Waals surface area contributed by atoms with Crippen LogP contribution in [0.2, 0.25) is 0 Å². The zero-order chi connectivity index (χ0) is 14.9. The van der Waals surface area contributed by atoms with Gasteiger partial charge in [0, 0.05) is 11.8 Å². The summed E-state index contributed by atoms with van der Waals surface area (Å²) in [7, 11) is 0. The van der Waals surface area contributed by atoms with Crippen molar-refractivity contribution in [2.24, 2.45) is 0 Å². The van der Waals surface area contributed by atoms with E-state index in [0.717, 1.165) is 16.8 Å². The lowest BCUT2D eigenvalue weighted by Crippen LogP contribution is -1.81. The number of rotatable bonds is 2. The number of aromatic hydroxyl groups is 1. The number of hydrogen-bond donors (Lipinski definition) is 1. The lowest BCUT2D eigenvalue weighted by atomic mass is 10.0. The van der Waals surface area contributed by atoms with Gasteiger partial charge < -0.3 is 5.11 Å². The molecule has 2 heterocycles. The lowest BCUT2D eigenvalue weighted by molar-refractivity contribution is 0.450. The van der Waals surface area contributed by atoms with Gasteiger partial charge >= 0.3 is 0 Å². The number of fused-ring (bicyclic) bond motifs is 1. The van der Waals surface area contributed by atoms with Crippen LogP contribution in [-0.4, -0.2) is 14.5 Å². The highest BCUT2D eigenvalue weighted by molar-refractivity contribution is 5.73. The summed E-state index contributed by atoms with van der Waals surface area (Å²) < 4.78 is 1.68. The van der Waals surface area contributed by atoms with Gasteiger partial charge in [-0.15, -0.1) is 0 Å². The van der Waals surface area contributed by atoms with E-state index in [0.29, 0.717) is 5.69 Å². The third-order valence-corrected chi connectivity index (χ3v) is 3.77. The van der Waals surface area contributed by atoms with Crippen molar-refractivity contribution in [2.75, 3.05) is 0 Å². The van der Waals surface area contributed by atoms with Gasteiger partial charge in [-0.05, 0) is 23.3 Å². The molecule has 2 aromatic carbocycles. The molecule has 0 aliphatic carbocycles. The van der Waals surface area contributed by atoms with E-state index in [2.05, 4.69) is 17.1 Å². The fourth-order valence-corrected chi connectivity index (χ4v) is 2.63. The Morgan fingerprint density at radius 1 is 0.682 bits per heavy atom. The molecule has 2 aromatic heterocycles.